The molecule has 0 spiro atoms. The van der Waals surface area contributed by atoms with Gasteiger partial charge in [0.15, 0.2) is 0 Å². The average Bonchev–Trinajstić information content (AvgIpc) is 2.68. The molecule has 0 saturated carbocycles. The molecule has 3 unspecified atom stereocenters. The van der Waals surface area contributed by atoms with Gasteiger partial charge < -0.3 is 24.8 Å². The second-order valence-electron chi connectivity index (χ2n) is 2.91. The summed E-state index contributed by atoms with van der Waals surface area (Å²) in [5.41, 5.74) is 0. The zero-order valence-corrected chi connectivity index (χ0v) is 7.45. The first-order valence-corrected chi connectivity index (χ1v) is 4.18. The maximum absolute atomic E-state index is 9.35. The van der Waals surface area contributed by atoms with Crippen molar-refractivity contribution in [1.29, 1.82) is 0 Å². The van der Waals surface area contributed by atoms with Gasteiger partial charge in [-0.2, -0.15) is 0 Å². The normalized spacial score (nSPS) is 17.7. The molecule has 1 aromatic rings. The zero-order valence-electron chi connectivity index (χ0n) is 7.45. The lowest BCUT2D eigenvalue weighted by Crippen LogP contribution is -2.39. The van der Waals surface area contributed by atoms with Crippen molar-refractivity contribution in [3.63, 3.8) is 0 Å². The van der Waals surface area contributed by atoms with Crippen LogP contribution in [0.25, 0.3) is 0 Å². The van der Waals surface area contributed by atoms with Crippen LogP contribution in [0.1, 0.15) is 5.76 Å². The second kappa shape index (κ2) is 5.11. The molecule has 79 valence electrons. The number of aliphatic hydroxyl groups excluding tert-OH is 4. The highest BCUT2D eigenvalue weighted by Gasteiger charge is 2.25. The molecular formula is C9H13O5. The van der Waals surface area contributed by atoms with E-state index < -0.39 is 24.9 Å². The molecule has 4 N–H and O–H groups in total. The maximum Gasteiger partial charge on any atom is 0.110 e. The van der Waals surface area contributed by atoms with Crippen LogP contribution in [0, 0.1) is 6.42 Å². The molecule has 0 aliphatic rings. The fraction of sp³-hybridized carbons (Fsp3) is 0.444. The molecule has 0 aliphatic heterocycles. The standard InChI is InChI=1S/C9H13O5/c10-5-8(12)9(13)7(11)4-6-2-1-3-14-6/h1-4,7-13H,5H2. The summed E-state index contributed by atoms with van der Waals surface area (Å²) in [4.78, 5) is 0. The minimum absolute atomic E-state index is 0.390. The van der Waals surface area contributed by atoms with Gasteiger partial charge in [0.2, 0.25) is 0 Å². The second-order valence-corrected chi connectivity index (χ2v) is 2.91. The first-order valence-electron chi connectivity index (χ1n) is 4.18. The molecule has 0 amide bonds. The summed E-state index contributed by atoms with van der Waals surface area (Å²) >= 11 is 0. The Balaban J connectivity index is 2.45. The molecule has 1 aromatic heterocycles. The fourth-order valence-corrected chi connectivity index (χ4v) is 0.989. The zero-order chi connectivity index (χ0) is 10.6. The Morgan fingerprint density at radius 2 is 2.07 bits per heavy atom. The Morgan fingerprint density at radius 3 is 2.57 bits per heavy atom. The molecule has 1 rings (SSSR count). The molecule has 0 aromatic carbocycles. The van der Waals surface area contributed by atoms with Crippen molar-refractivity contribution in [3.05, 3.63) is 30.6 Å². The van der Waals surface area contributed by atoms with E-state index in [1.807, 2.05) is 0 Å². The highest BCUT2D eigenvalue weighted by atomic mass is 16.4. The van der Waals surface area contributed by atoms with Gasteiger partial charge in [0.25, 0.3) is 0 Å². The fourth-order valence-electron chi connectivity index (χ4n) is 0.989. The number of aliphatic hydroxyl groups is 4. The number of hydrogen-bond acceptors (Lipinski definition) is 5. The summed E-state index contributed by atoms with van der Waals surface area (Å²) in [7, 11) is 0. The van der Waals surface area contributed by atoms with Crippen molar-refractivity contribution < 1.29 is 24.8 Å². The number of rotatable bonds is 5. The van der Waals surface area contributed by atoms with E-state index in [1.54, 1.807) is 12.1 Å². The van der Waals surface area contributed by atoms with E-state index in [2.05, 4.69) is 0 Å². The molecule has 5 heteroatoms. The van der Waals surface area contributed by atoms with E-state index in [4.69, 9.17) is 14.6 Å². The van der Waals surface area contributed by atoms with E-state index >= 15 is 0 Å². The molecular weight excluding hydrogens is 188 g/mol. The van der Waals surface area contributed by atoms with Gasteiger partial charge in [-0.1, -0.05) is 0 Å². The van der Waals surface area contributed by atoms with Crippen molar-refractivity contribution in [2.45, 2.75) is 18.3 Å². The average molecular weight is 201 g/mol. The first-order chi connectivity index (χ1) is 6.65. The third-order valence-corrected chi connectivity index (χ3v) is 1.81. The largest absolute Gasteiger partial charge is 0.469 e. The molecule has 14 heavy (non-hydrogen) atoms. The summed E-state index contributed by atoms with van der Waals surface area (Å²) in [6.07, 6.45) is -1.39. The van der Waals surface area contributed by atoms with Gasteiger partial charge in [0.05, 0.1) is 25.4 Å². The van der Waals surface area contributed by atoms with Crippen LogP contribution in [-0.4, -0.2) is 45.3 Å². The van der Waals surface area contributed by atoms with Crippen LogP contribution in [0.3, 0.4) is 0 Å². The molecule has 1 radical (unpaired) electrons. The first kappa shape index (κ1) is 11.2. The van der Waals surface area contributed by atoms with Gasteiger partial charge in [-0.3, -0.25) is 0 Å². The van der Waals surface area contributed by atoms with Gasteiger partial charge in [0, 0.05) is 0 Å². The van der Waals surface area contributed by atoms with Crippen molar-refractivity contribution in [3.8, 4) is 0 Å². The van der Waals surface area contributed by atoms with Gasteiger partial charge in [-0.15, -0.1) is 0 Å². The van der Waals surface area contributed by atoms with Crippen LogP contribution in [-0.2, 0) is 0 Å². The number of furan rings is 1. The Labute approximate surface area is 81.2 Å². The number of hydrogen-bond donors (Lipinski definition) is 4. The Morgan fingerprint density at radius 1 is 1.36 bits per heavy atom. The highest BCUT2D eigenvalue weighted by Crippen LogP contribution is 2.11. The third-order valence-electron chi connectivity index (χ3n) is 1.81. The SMILES string of the molecule is OCC(O)C(O)C(O)[CH]c1ccco1. The van der Waals surface area contributed by atoms with Crippen LogP contribution >= 0.6 is 0 Å². The summed E-state index contributed by atoms with van der Waals surface area (Å²) < 4.78 is 4.90. The maximum atomic E-state index is 9.35. The molecule has 3 atom stereocenters. The highest BCUT2D eigenvalue weighted by molar-refractivity contribution is 5.12. The van der Waals surface area contributed by atoms with Crippen LogP contribution in [0.15, 0.2) is 22.8 Å². The summed E-state index contributed by atoms with van der Waals surface area (Å²) in [5.74, 6) is 0.390. The van der Waals surface area contributed by atoms with Crippen LogP contribution < -0.4 is 0 Å². The third kappa shape index (κ3) is 2.81. The summed E-state index contributed by atoms with van der Waals surface area (Å²) in [6, 6.07) is 3.23. The lowest BCUT2D eigenvalue weighted by Gasteiger charge is -2.20. The minimum atomic E-state index is -1.43. The van der Waals surface area contributed by atoms with Crippen molar-refractivity contribution in [2.75, 3.05) is 6.61 Å². The van der Waals surface area contributed by atoms with Crippen LogP contribution in [0.2, 0.25) is 0 Å². The monoisotopic (exact) mass is 201 g/mol. The van der Waals surface area contributed by atoms with E-state index in [0.29, 0.717) is 5.76 Å². The lowest BCUT2D eigenvalue weighted by atomic mass is 10.0. The van der Waals surface area contributed by atoms with E-state index in [-0.39, 0.29) is 0 Å². The molecule has 5 nitrogen and oxygen atoms in total. The Kier molecular flexibility index (Phi) is 4.09. The van der Waals surface area contributed by atoms with Crippen molar-refractivity contribution >= 4 is 0 Å². The smallest absolute Gasteiger partial charge is 0.110 e. The summed E-state index contributed by atoms with van der Waals surface area (Å²) in [5, 5.41) is 36.1. The van der Waals surface area contributed by atoms with E-state index in [1.165, 1.54) is 12.7 Å². The quantitative estimate of drug-likeness (QED) is 0.485. The minimum Gasteiger partial charge on any atom is -0.469 e. The topological polar surface area (TPSA) is 94.1 Å². The predicted molar refractivity (Wildman–Crippen MR) is 47.2 cm³/mol. The van der Waals surface area contributed by atoms with E-state index in [9.17, 15) is 10.2 Å². The van der Waals surface area contributed by atoms with Gasteiger partial charge in [-0.05, 0) is 12.1 Å². The van der Waals surface area contributed by atoms with Crippen LogP contribution in [0.4, 0.5) is 0 Å². The Bertz CT molecular complexity index is 246. The predicted octanol–water partition coefficient (Wildman–Crippen LogP) is -1.09. The van der Waals surface area contributed by atoms with Crippen molar-refractivity contribution in [1.82, 2.24) is 0 Å². The molecule has 0 aliphatic carbocycles. The molecule has 1 heterocycles. The summed E-state index contributed by atoms with van der Waals surface area (Å²) in [6.45, 7) is -0.607. The van der Waals surface area contributed by atoms with Crippen molar-refractivity contribution in [2.24, 2.45) is 0 Å². The van der Waals surface area contributed by atoms with Gasteiger partial charge in [-0.25, -0.2) is 0 Å². The lowest BCUT2D eigenvalue weighted by molar-refractivity contribution is -0.0653. The Hall–Kier alpha value is -0.880. The van der Waals surface area contributed by atoms with Gasteiger partial charge in [0.1, 0.15) is 18.0 Å². The molecule has 0 fully saturated rings. The molecule has 0 bridgehead atoms. The van der Waals surface area contributed by atoms with Gasteiger partial charge >= 0.3 is 0 Å². The molecule has 0 saturated heterocycles. The van der Waals surface area contributed by atoms with Crippen LogP contribution in [0.5, 0.6) is 0 Å². The van der Waals surface area contributed by atoms with E-state index in [0.717, 1.165) is 0 Å².